The highest BCUT2D eigenvalue weighted by atomic mass is 19.2. The van der Waals surface area contributed by atoms with E-state index in [1.165, 1.54) is 25.0 Å². The van der Waals surface area contributed by atoms with Gasteiger partial charge in [0.2, 0.25) is 0 Å². The zero-order valence-electron chi connectivity index (χ0n) is 19.9. The number of nitrogens with zero attached hydrogens (tertiary/aromatic N) is 2. The number of carbonyl (C=O) groups excluding carboxylic acids is 2. The molecule has 1 fully saturated rings. The molecular formula is C29H27F2N3O2. The normalized spacial score (nSPS) is 14.6. The summed E-state index contributed by atoms with van der Waals surface area (Å²) in [4.78, 5) is 30.2. The summed E-state index contributed by atoms with van der Waals surface area (Å²) < 4.78 is 28.0. The number of hydrogen-bond donors (Lipinski definition) is 1. The van der Waals surface area contributed by atoms with Crippen LogP contribution < -0.4 is 0 Å². The third-order valence-electron chi connectivity index (χ3n) is 7.03. The Bertz CT molecular complexity index is 1400. The third-order valence-corrected chi connectivity index (χ3v) is 7.03. The molecule has 1 aliphatic rings. The molecule has 2 aromatic carbocycles. The number of H-pyrrole nitrogens is 1. The first-order valence-electron chi connectivity index (χ1n) is 12.5. The first-order chi connectivity index (χ1) is 17.5. The van der Waals surface area contributed by atoms with Crippen molar-refractivity contribution < 1.29 is 18.4 Å². The molecule has 2 aromatic heterocycles. The Morgan fingerprint density at radius 3 is 2.53 bits per heavy atom. The van der Waals surface area contributed by atoms with E-state index in [9.17, 15) is 18.4 Å². The summed E-state index contributed by atoms with van der Waals surface area (Å²) >= 11 is 0. The maximum Gasteiger partial charge on any atom is 0.184 e. The lowest BCUT2D eigenvalue weighted by Crippen LogP contribution is -2.15. The first-order valence-corrected chi connectivity index (χ1v) is 12.5. The number of aromatic amines is 1. The van der Waals surface area contributed by atoms with Crippen LogP contribution in [0.1, 0.15) is 71.5 Å². The number of aryl methyl sites for hydroxylation is 1. The number of carbonyl (C=O) groups is 2. The Labute approximate surface area is 208 Å². The number of aromatic nitrogens is 3. The smallest absolute Gasteiger partial charge is 0.184 e. The van der Waals surface area contributed by atoms with E-state index >= 15 is 0 Å². The van der Waals surface area contributed by atoms with Crippen LogP contribution >= 0.6 is 0 Å². The molecular weight excluding hydrogens is 460 g/mol. The van der Waals surface area contributed by atoms with Gasteiger partial charge < -0.3 is 0 Å². The SMILES string of the molecule is O=C(CCc1ccc(C(=O)C2CCCCCC2)nc1)c1n[nH]c2ccc(-c3cccc(F)c3F)cc12. The van der Waals surface area contributed by atoms with Gasteiger partial charge in [-0.25, -0.2) is 8.78 Å². The van der Waals surface area contributed by atoms with Crippen LogP contribution in [0.15, 0.2) is 54.7 Å². The van der Waals surface area contributed by atoms with Gasteiger partial charge in [0, 0.05) is 29.5 Å². The largest absolute Gasteiger partial charge is 0.292 e. The lowest BCUT2D eigenvalue weighted by molar-refractivity contribution is 0.0901. The average molecular weight is 488 g/mol. The van der Waals surface area contributed by atoms with E-state index in [4.69, 9.17) is 0 Å². The van der Waals surface area contributed by atoms with Gasteiger partial charge >= 0.3 is 0 Å². The zero-order valence-corrected chi connectivity index (χ0v) is 19.9. The highest BCUT2D eigenvalue weighted by Gasteiger charge is 2.22. The molecule has 0 spiro atoms. The van der Waals surface area contributed by atoms with Crippen LogP contribution in [-0.2, 0) is 6.42 Å². The van der Waals surface area contributed by atoms with E-state index in [1.807, 2.05) is 6.07 Å². The number of hydrogen-bond acceptors (Lipinski definition) is 4. The number of ketones is 2. The molecule has 0 aliphatic heterocycles. The van der Waals surface area contributed by atoms with Crippen LogP contribution in [0.3, 0.4) is 0 Å². The second-order valence-electron chi connectivity index (χ2n) is 9.46. The fourth-order valence-corrected chi connectivity index (χ4v) is 4.97. The molecule has 0 unspecified atom stereocenters. The molecule has 0 atom stereocenters. The van der Waals surface area contributed by atoms with Gasteiger partial charge in [-0.05, 0) is 54.7 Å². The number of rotatable bonds is 7. The van der Waals surface area contributed by atoms with Crippen LogP contribution in [0.5, 0.6) is 0 Å². The van der Waals surface area contributed by atoms with Crippen molar-refractivity contribution in [3.8, 4) is 11.1 Å². The van der Waals surface area contributed by atoms with E-state index in [1.54, 1.807) is 30.5 Å². The lowest BCUT2D eigenvalue weighted by atomic mass is 9.93. The van der Waals surface area contributed by atoms with E-state index in [0.29, 0.717) is 28.6 Å². The molecule has 184 valence electrons. The molecule has 4 aromatic rings. The van der Waals surface area contributed by atoms with E-state index < -0.39 is 11.6 Å². The third kappa shape index (κ3) is 4.96. The molecule has 0 radical (unpaired) electrons. The predicted octanol–water partition coefficient (Wildman–Crippen LogP) is 6.87. The summed E-state index contributed by atoms with van der Waals surface area (Å²) in [6, 6.07) is 12.6. The van der Waals surface area contributed by atoms with Crippen LogP contribution in [0, 0.1) is 17.6 Å². The van der Waals surface area contributed by atoms with Crippen molar-refractivity contribution in [3.63, 3.8) is 0 Å². The highest BCUT2D eigenvalue weighted by Crippen LogP contribution is 2.29. The Morgan fingerprint density at radius 2 is 1.78 bits per heavy atom. The number of fused-ring (bicyclic) bond motifs is 1. The molecule has 1 saturated carbocycles. The lowest BCUT2D eigenvalue weighted by Gasteiger charge is -2.12. The molecule has 0 saturated heterocycles. The monoisotopic (exact) mass is 487 g/mol. The maximum atomic E-state index is 14.3. The van der Waals surface area contributed by atoms with Gasteiger partial charge in [-0.15, -0.1) is 0 Å². The van der Waals surface area contributed by atoms with Crippen LogP contribution in [0.2, 0.25) is 0 Å². The quantitative estimate of drug-likeness (QED) is 0.228. The number of benzene rings is 2. The average Bonchev–Trinajstić information content (AvgIpc) is 3.13. The van der Waals surface area contributed by atoms with Crippen molar-refractivity contribution in [2.45, 2.75) is 51.4 Å². The number of pyridine rings is 1. The van der Waals surface area contributed by atoms with E-state index in [2.05, 4.69) is 15.2 Å². The van der Waals surface area contributed by atoms with Gasteiger partial charge in [0.15, 0.2) is 23.2 Å². The summed E-state index contributed by atoms with van der Waals surface area (Å²) in [5, 5.41) is 7.57. The molecule has 2 heterocycles. The molecule has 1 N–H and O–H groups in total. The number of nitrogens with one attached hydrogen (secondary N) is 1. The fourth-order valence-electron chi connectivity index (χ4n) is 4.97. The Balaban J connectivity index is 1.28. The van der Waals surface area contributed by atoms with Gasteiger partial charge in [0.25, 0.3) is 0 Å². The topological polar surface area (TPSA) is 75.7 Å². The Morgan fingerprint density at radius 1 is 0.972 bits per heavy atom. The first kappa shape index (κ1) is 24.0. The maximum absolute atomic E-state index is 14.3. The summed E-state index contributed by atoms with van der Waals surface area (Å²) in [5.74, 6) is -1.84. The van der Waals surface area contributed by atoms with Gasteiger partial charge in [-0.1, -0.05) is 49.9 Å². The molecule has 1 aliphatic carbocycles. The molecule has 0 amide bonds. The fraction of sp³-hybridized carbons (Fsp3) is 0.310. The van der Waals surface area contributed by atoms with Crippen LogP contribution in [-0.4, -0.2) is 26.7 Å². The van der Waals surface area contributed by atoms with Crippen LogP contribution in [0.4, 0.5) is 8.78 Å². The second kappa shape index (κ2) is 10.5. The van der Waals surface area contributed by atoms with Gasteiger partial charge in [-0.3, -0.25) is 19.7 Å². The van der Waals surface area contributed by atoms with Crippen molar-refractivity contribution in [1.82, 2.24) is 15.2 Å². The Kier molecular flexibility index (Phi) is 6.98. The van der Waals surface area contributed by atoms with E-state index in [0.717, 1.165) is 37.3 Å². The number of Topliss-reactive ketones (excluding diaryl/α,β-unsaturated/α-hetero) is 2. The minimum atomic E-state index is -0.929. The minimum Gasteiger partial charge on any atom is -0.292 e. The molecule has 0 bridgehead atoms. The van der Waals surface area contributed by atoms with Crippen LogP contribution in [0.25, 0.3) is 22.0 Å². The summed E-state index contributed by atoms with van der Waals surface area (Å²) in [5.41, 5.74) is 2.85. The summed E-state index contributed by atoms with van der Waals surface area (Å²) in [6.07, 6.45) is 8.77. The Hall–Kier alpha value is -3.74. The summed E-state index contributed by atoms with van der Waals surface area (Å²) in [6.45, 7) is 0. The highest BCUT2D eigenvalue weighted by molar-refractivity contribution is 6.06. The zero-order chi connectivity index (χ0) is 25.1. The molecule has 7 heteroatoms. The van der Waals surface area contributed by atoms with Crippen molar-refractivity contribution in [2.75, 3.05) is 0 Å². The van der Waals surface area contributed by atoms with Crippen molar-refractivity contribution in [2.24, 2.45) is 5.92 Å². The molecule has 5 nitrogen and oxygen atoms in total. The minimum absolute atomic E-state index is 0.0612. The van der Waals surface area contributed by atoms with Crippen molar-refractivity contribution in [3.05, 3.63) is 83.3 Å². The number of halogens is 2. The van der Waals surface area contributed by atoms with Gasteiger partial charge in [0.05, 0.1) is 5.52 Å². The van der Waals surface area contributed by atoms with Gasteiger partial charge in [-0.2, -0.15) is 5.10 Å². The van der Waals surface area contributed by atoms with Crippen molar-refractivity contribution >= 4 is 22.5 Å². The molecule has 5 rings (SSSR count). The molecule has 36 heavy (non-hydrogen) atoms. The van der Waals surface area contributed by atoms with Gasteiger partial charge in [0.1, 0.15) is 11.4 Å². The van der Waals surface area contributed by atoms with Crippen molar-refractivity contribution in [1.29, 1.82) is 0 Å². The second-order valence-corrected chi connectivity index (χ2v) is 9.46. The predicted molar refractivity (Wildman–Crippen MR) is 134 cm³/mol. The summed E-state index contributed by atoms with van der Waals surface area (Å²) in [7, 11) is 0. The standard InChI is InChI=1S/C29H27F2N3O2/c30-23-9-5-8-21(27(23)31)20-12-14-24-22(16-20)28(34-33-24)26(35)15-11-18-10-13-25(32-17-18)29(36)19-6-3-1-2-4-7-19/h5,8-10,12-14,16-17,19H,1-4,6-7,11,15H2,(H,33,34). The van der Waals surface area contributed by atoms with E-state index in [-0.39, 0.29) is 35.2 Å².